The lowest BCUT2D eigenvalue weighted by atomic mass is 10.1. The quantitative estimate of drug-likeness (QED) is 0.528. The Hall–Kier alpha value is -2.96. The number of aromatic amines is 2. The fraction of sp³-hybridized carbons (Fsp3) is 0.0714. The molecule has 3 heterocycles. The van der Waals surface area contributed by atoms with Gasteiger partial charge in [0.2, 0.25) is 0 Å². The Labute approximate surface area is 118 Å². The van der Waals surface area contributed by atoms with Gasteiger partial charge in [-0.15, -0.1) is 0 Å². The normalized spacial score (nSPS) is 11.3. The van der Waals surface area contributed by atoms with E-state index in [9.17, 15) is 4.39 Å². The molecule has 3 aromatic heterocycles. The van der Waals surface area contributed by atoms with Crippen molar-refractivity contribution < 1.29 is 4.39 Å². The van der Waals surface area contributed by atoms with Crippen LogP contribution in [0.25, 0.3) is 21.9 Å². The van der Waals surface area contributed by atoms with Crippen molar-refractivity contribution in [3.8, 4) is 0 Å². The second-order valence-electron chi connectivity index (χ2n) is 4.83. The van der Waals surface area contributed by atoms with E-state index in [2.05, 4.69) is 30.5 Å². The maximum absolute atomic E-state index is 13.8. The number of aromatic nitrogens is 5. The molecule has 4 rings (SSSR count). The molecule has 7 heteroatoms. The van der Waals surface area contributed by atoms with Crippen LogP contribution in [0.1, 0.15) is 5.56 Å². The highest BCUT2D eigenvalue weighted by Gasteiger charge is 2.12. The minimum absolute atomic E-state index is 0.351. The number of halogens is 1. The summed E-state index contributed by atoms with van der Waals surface area (Å²) >= 11 is 0. The maximum atomic E-state index is 13.8. The number of fused-ring (bicyclic) bond motifs is 2. The standard InChI is InChI=1S/C14H11FN6/c1-7-2-11-8(4-19-21-11)3-10(7)20-14-12-9(15)5-16-13(12)17-6-18-14/h2-6H,1H3,(H,19,21)(H2,16,17,18,20). The van der Waals surface area contributed by atoms with Gasteiger partial charge in [0.05, 0.1) is 17.1 Å². The number of nitrogens with one attached hydrogen (secondary N) is 3. The molecule has 1 aromatic carbocycles. The average Bonchev–Trinajstić information content (AvgIpc) is 3.07. The second-order valence-corrected chi connectivity index (χ2v) is 4.83. The van der Waals surface area contributed by atoms with Gasteiger partial charge in [-0.1, -0.05) is 0 Å². The number of anilines is 2. The number of nitrogens with zero attached hydrogens (tertiary/aromatic N) is 3. The summed E-state index contributed by atoms with van der Waals surface area (Å²) in [4.78, 5) is 10.9. The third-order valence-electron chi connectivity index (χ3n) is 3.46. The Morgan fingerprint density at radius 1 is 1.24 bits per heavy atom. The predicted octanol–water partition coefficient (Wildman–Crippen LogP) is 3.03. The molecule has 0 bridgehead atoms. The van der Waals surface area contributed by atoms with Crippen molar-refractivity contribution in [3.05, 3.63) is 42.2 Å². The van der Waals surface area contributed by atoms with E-state index >= 15 is 0 Å². The second kappa shape index (κ2) is 4.27. The van der Waals surface area contributed by atoms with E-state index in [4.69, 9.17) is 0 Å². The van der Waals surface area contributed by atoms with Crippen LogP contribution in [-0.4, -0.2) is 25.1 Å². The van der Waals surface area contributed by atoms with Crippen molar-refractivity contribution in [3.63, 3.8) is 0 Å². The van der Waals surface area contributed by atoms with Crippen molar-refractivity contribution in [1.82, 2.24) is 25.1 Å². The number of hydrogen-bond donors (Lipinski definition) is 3. The molecule has 0 unspecified atom stereocenters. The van der Waals surface area contributed by atoms with Crippen molar-refractivity contribution in [2.24, 2.45) is 0 Å². The monoisotopic (exact) mass is 282 g/mol. The minimum Gasteiger partial charge on any atom is -0.343 e. The average molecular weight is 282 g/mol. The molecular weight excluding hydrogens is 271 g/mol. The molecule has 0 spiro atoms. The zero-order valence-electron chi connectivity index (χ0n) is 11.1. The van der Waals surface area contributed by atoms with E-state index < -0.39 is 0 Å². The van der Waals surface area contributed by atoms with E-state index in [0.717, 1.165) is 22.2 Å². The third-order valence-corrected chi connectivity index (χ3v) is 3.46. The zero-order chi connectivity index (χ0) is 14.4. The third kappa shape index (κ3) is 1.82. The summed E-state index contributed by atoms with van der Waals surface area (Å²) in [5, 5.41) is 11.4. The van der Waals surface area contributed by atoms with Crippen LogP contribution >= 0.6 is 0 Å². The molecule has 0 aliphatic carbocycles. The van der Waals surface area contributed by atoms with E-state index in [1.807, 2.05) is 19.1 Å². The molecule has 0 atom stereocenters. The van der Waals surface area contributed by atoms with Crippen LogP contribution in [0.3, 0.4) is 0 Å². The Morgan fingerprint density at radius 3 is 3.05 bits per heavy atom. The van der Waals surface area contributed by atoms with Gasteiger partial charge in [0.25, 0.3) is 0 Å². The van der Waals surface area contributed by atoms with Crippen LogP contribution in [0.15, 0.2) is 30.9 Å². The summed E-state index contributed by atoms with van der Waals surface area (Å²) in [6.07, 6.45) is 4.41. The lowest BCUT2D eigenvalue weighted by molar-refractivity contribution is 0.639. The van der Waals surface area contributed by atoms with Crippen molar-refractivity contribution >= 4 is 33.4 Å². The first-order valence-corrected chi connectivity index (χ1v) is 6.41. The molecule has 0 aliphatic heterocycles. The van der Waals surface area contributed by atoms with Gasteiger partial charge in [0.1, 0.15) is 17.8 Å². The summed E-state index contributed by atoms with van der Waals surface area (Å²) < 4.78 is 13.8. The van der Waals surface area contributed by atoms with Crippen LogP contribution in [-0.2, 0) is 0 Å². The van der Waals surface area contributed by atoms with Crippen LogP contribution in [0, 0.1) is 12.7 Å². The number of benzene rings is 1. The molecule has 0 saturated heterocycles. The molecule has 21 heavy (non-hydrogen) atoms. The SMILES string of the molecule is Cc1cc2[nH]ncc2cc1Nc1ncnc2[nH]cc(F)c12. The summed E-state index contributed by atoms with van der Waals surface area (Å²) in [5.41, 5.74) is 3.28. The van der Waals surface area contributed by atoms with E-state index in [1.54, 1.807) is 6.20 Å². The van der Waals surface area contributed by atoms with E-state index in [0.29, 0.717) is 16.9 Å². The van der Waals surface area contributed by atoms with Gasteiger partial charge in [-0.05, 0) is 24.6 Å². The smallest absolute Gasteiger partial charge is 0.153 e. The fourth-order valence-electron chi connectivity index (χ4n) is 2.38. The summed E-state index contributed by atoms with van der Waals surface area (Å²) in [6.45, 7) is 1.97. The lowest BCUT2D eigenvalue weighted by Gasteiger charge is -2.09. The van der Waals surface area contributed by atoms with Gasteiger partial charge >= 0.3 is 0 Å². The summed E-state index contributed by atoms with van der Waals surface area (Å²) in [5.74, 6) is 0.0554. The lowest BCUT2D eigenvalue weighted by Crippen LogP contribution is -1.97. The topological polar surface area (TPSA) is 82.3 Å². The highest BCUT2D eigenvalue weighted by molar-refractivity contribution is 5.91. The molecule has 3 N–H and O–H groups in total. The predicted molar refractivity (Wildman–Crippen MR) is 78.0 cm³/mol. The number of rotatable bonds is 2. The van der Waals surface area contributed by atoms with E-state index in [1.165, 1.54) is 12.5 Å². The Balaban J connectivity index is 1.86. The van der Waals surface area contributed by atoms with Gasteiger partial charge < -0.3 is 10.3 Å². The Bertz CT molecular complexity index is 955. The van der Waals surface area contributed by atoms with Gasteiger partial charge in [-0.25, -0.2) is 14.4 Å². The molecule has 4 aromatic rings. The maximum Gasteiger partial charge on any atom is 0.153 e. The van der Waals surface area contributed by atoms with Crippen molar-refractivity contribution in [2.75, 3.05) is 5.32 Å². The molecule has 0 aliphatic rings. The van der Waals surface area contributed by atoms with Crippen LogP contribution < -0.4 is 5.32 Å². The summed E-state index contributed by atoms with van der Waals surface area (Å²) in [6, 6.07) is 3.93. The molecule has 0 saturated carbocycles. The molecule has 0 radical (unpaired) electrons. The van der Waals surface area contributed by atoms with Crippen LogP contribution in [0.2, 0.25) is 0 Å². The van der Waals surface area contributed by atoms with Crippen molar-refractivity contribution in [1.29, 1.82) is 0 Å². The Morgan fingerprint density at radius 2 is 2.14 bits per heavy atom. The molecular formula is C14H11FN6. The van der Waals surface area contributed by atoms with E-state index in [-0.39, 0.29) is 5.82 Å². The van der Waals surface area contributed by atoms with Gasteiger partial charge in [0, 0.05) is 17.3 Å². The summed E-state index contributed by atoms with van der Waals surface area (Å²) in [7, 11) is 0. The first kappa shape index (κ1) is 11.8. The first-order valence-electron chi connectivity index (χ1n) is 6.41. The number of hydrogen-bond acceptors (Lipinski definition) is 4. The highest BCUT2D eigenvalue weighted by atomic mass is 19.1. The van der Waals surface area contributed by atoms with Gasteiger partial charge in [-0.2, -0.15) is 5.10 Å². The number of H-pyrrole nitrogens is 2. The molecule has 0 fully saturated rings. The molecule has 6 nitrogen and oxygen atoms in total. The Kier molecular flexibility index (Phi) is 2.41. The fourth-order valence-corrected chi connectivity index (χ4v) is 2.38. The van der Waals surface area contributed by atoms with Crippen LogP contribution in [0.5, 0.6) is 0 Å². The first-order chi connectivity index (χ1) is 10.2. The highest BCUT2D eigenvalue weighted by Crippen LogP contribution is 2.28. The zero-order valence-corrected chi connectivity index (χ0v) is 11.1. The number of aryl methyl sites for hydroxylation is 1. The van der Waals surface area contributed by atoms with Crippen molar-refractivity contribution in [2.45, 2.75) is 6.92 Å². The molecule has 0 amide bonds. The van der Waals surface area contributed by atoms with Gasteiger partial charge in [-0.3, -0.25) is 5.10 Å². The molecule has 104 valence electrons. The van der Waals surface area contributed by atoms with Crippen LogP contribution in [0.4, 0.5) is 15.9 Å². The largest absolute Gasteiger partial charge is 0.343 e. The minimum atomic E-state index is -0.379. The van der Waals surface area contributed by atoms with Gasteiger partial charge in [0.15, 0.2) is 5.82 Å².